The van der Waals surface area contributed by atoms with Crippen LogP contribution in [0.1, 0.15) is 43.0 Å². The molecule has 3 saturated heterocycles. The number of rotatable bonds is 10. The highest BCUT2D eigenvalue weighted by molar-refractivity contribution is 9.10. The molecule has 0 unspecified atom stereocenters. The highest BCUT2D eigenvalue weighted by atomic mass is 79.9. The van der Waals surface area contributed by atoms with E-state index in [2.05, 4.69) is 48.6 Å². The molecule has 2 amide bonds. The summed E-state index contributed by atoms with van der Waals surface area (Å²) in [4.78, 5) is 35.4. The number of hydrogen-bond acceptors (Lipinski definition) is 8. The fraction of sp³-hybridized carbons (Fsp3) is 0.450. The number of para-hydroxylation sites is 1. The molecule has 2 N–H and O–H groups in total. The summed E-state index contributed by atoms with van der Waals surface area (Å²) in [6, 6.07) is 23.9. The lowest BCUT2D eigenvalue weighted by Crippen LogP contribution is -2.55. The zero-order chi connectivity index (χ0) is 37.8. The first kappa shape index (κ1) is 37.0. The van der Waals surface area contributed by atoms with Gasteiger partial charge in [0.05, 0.1) is 30.7 Å². The van der Waals surface area contributed by atoms with Crippen LogP contribution in [0.15, 0.2) is 83.5 Å². The summed E-state index contributed by atoms with van der Waals surface area (Å²) in [5, 5.41) is 21.1. The quantitative estimate of drug-likeness (QED) is 0.150. The van der Waals surface area contributed by atoms with E-state index in [0.717, 1.165) is 58.6 Å². The van der Waals surface area contributed by atoms with Crippen LogP contribution >= 0.6 is 15.9 Å². The van der Waals surface area contributed by atoms with Gasteiger partial charge in [-0.3, -0.25) is 19.2 Å². The maximum atomic E-state index is 16.4. The summed E-state index contributed by atoms with van der Waals surface area (Å²) >= 11 is 3.64. The number of benzene rings is 3. The molecule has 1 aromatic heterocycles. The minimum absolute atomic E-state index is 0.0199. The minimum atomic E-state index is -3.36. The highest BCUT2D eigenvalue weighted by Gasteiger charge is 2.66. The van der Waals surface area contributed by atoms with Crippen molar-refractivity contribution in [3.05, 3.63) is 100 Å². The SMILES string of the molecule is C[C@@H]1[C@@H]([Si](C)(C)F)[C@H](CCn2cc(CCO)nn2)O[C@@]12C(=O)N(Cc1cccc(N3CN(c4ccccc4)C4(CCNCC4)C3=O)c1)c1ccc(Br)cc12. The van der Waals surface area contributed by atoms with Gasteiger partial charge in [0.2, 0.25) is 8.41 Å². The first-order chi connectivity index (χ1) is 26.0. The zero-order valence-electron chi connectivity index (χ0n) is 30.9. The first-order valence-corrected chi connectivity index (χ1v) is 22.6. The molecular formula is C40H47BrFN7O4Si. The molecule has 14 heteroatoms. The number of aliphatic hydroxyl groups excluding tert-OH is 1. The van der Waals surface area contributed by atoms with Crippen molar-refractivity contribution in [3.63, 3.8) is 0 Å². The molecule has 4 aliphatic rings. The Labute approximate surface area is 324 Å². The van der Waals surface area contributed by atoms with E-state index in [9.17, 15) is 9.90 Å². The second kappa shape index (κ2) is 14.3. The molecule has 4 aromatic rings. The van der Waals surface area contributed by atoms with Crippen molar-refractivity contribution in [1.29, 1.82) is 0 Å². The summed E-state index contributed by atoms with van der Waals surface area (Å²) in [5.41, 5.74) is 2.41. The third-order valence-corrected chi connectivity index (χ3v) is 15.0. The predicted octanol–water partition coefficient (Wildman–Crippen LogP) is 5.92. The van der Waals surface area contributed by atoms with E-state index in [4.69, 9.17) is 4.74 Å². The standard InChI is InChI=1S/C40H47BrFN7O4Si/c1-27-36(54(2,3)42)35(14-20-46-25-30(15-21-50)44-45-46)53-40(27)33-23-29(41)12-13-34(33)47(38(40)52)24-28-8-7-11-32(22-28)48-26-49(31-9-5-4-6-10-31)39(37(48)51)16-18-43-19-17-39/h4-13,22-23,25,27,35-36,43,50H,14-21,24,26H2,1-3H3/t27-,35+,36-,40+/m1/s1. The number of hydrogen-bond donors (Lipinski definition) is 2. The van der Waals surface area contributed by atoms with Gasteiger partial charge >= 0.3 is 0 Å². The lowest BCUT2D eigenvalue weighted by atomic mass is 9.82. The molecule has 5 heterocycles. The molecule has 54 heavy (non-hydrogen) atoms. The summed E-state index contributed by atoms with van der Waals surface area (Å²) < 4.78 is 25.9. The molecule has 11 nitrogen and oxygen atoms in total. The molecule has 0 saturated carbocycles. The van der Waals surface area contributed by atoms with Gasteiger partial charge in [-0.25, -0.2) is 0 Å². The lowest BCUT2D eigenvalue weighted by Gasteiger charge is -2.39. The zero-order valence-corrected chi connectivity index (χ0v) is 33.5. The van der Waals surface area contributed by atoms with E-state index in [1.54, 1.807) is 28.9 Å². The van der Waals surface area contributed by atoms with Crippen LogP contribution in [-0.4, -0.2) is 78.3 Å². The van der Waals surface area contributed by atoms with Crippen LogP contribution in [-0.2, 0) is 39.4 Å². The molecule has 0 aliphatic carbocycles. The van der Waals surface area contributed by atoms with E-state index in [1.807, 2.05) is 72.5 Å². The van der Waals surface area contributed by atoms with Crippen molar-refractivity contribution in [1.82, 2.24) is 20.3 Å². The number of carbonyl (C=O) groups is 2. The van der Waals surface area contributed by atoms with Gasteiger partial charge in [-0.05, 0) is 93.5 Å². The van der Waals surface area contributed by atoms with Crippen LogP contribution in [0.5, 0.6) is 0 Å². The molecule has 0 bridgehead atoms. The number of anilines is 3. The molecule has 8 rings (SSSR count). The van der Waals surface area contributed by atoms with Gasteiger partial charge in [0, 0.05) is 58.6 Å². The molecule has 0 radical (unpaired) electrons. The van der Waals surface area contributed by atoms with E-state index in [1.165, 1.54) is 0 Å². The minimum Gasteiger partial charge on any atom is -0.396 e. The van der Waals surface area contributed by atoms with Crippen molar-refractivity contribution in [2.24, 2.45) is 5.92 Å². The first-order valence-electron chi connectivity index (χ1n) is 18.9. The van der Waals surface area contributed by atoms with Crippen molar-refractivity contribution in [3.8, 4) is 0 Å². The summed E-state index contributed by atoms with van der Waals surface area (Å²) in [6.07, 6.45) is 3.57. The average molecular weight is 817 g/mol. The molecule has 4 atom stereocenters. The number of nitrogens with zero attached hydrogens (tertiary/aromatic N) is 6. The third kappa shape index (κ3) is 6.19. The Bertz CT molecular complexity index is 2040. The topological polar surface area (TPSA) is 116 Å². The van der Waals surface area contributed by atoms with Gasteiger partial charge in [0.25, 0.3) is 11.8 Å². The van der Waals surface area contributed by atoms with E-state index < -0.39 is 37.1 Å². The molecule has 3 aromatic carbocycles. The summed E-state index contributed by atoms with van der Waals surface area (Å²) in [7, 11) is -3.36. The second-order valence-corrected chi connectivity index (χ2v) is 20.4. The number of ether oxygens (including phenoxy) is 1. The lowest BCUT2D eigenvalue weighted by molar-refractivity contribution is -0.146. The fourth-order valence-electron chi connectivity index (χ4n) is 9.56. The van der Waals surface area contributed by atoms with Crippen LogP contribution in [0.2, 0.25) is 18.6 Å². The molecule has 2 spiro atoms. The van der Waals surface area contributed by atoms with Crippen molar-refractivity contribution >= 4 is 53.2 Å². The third-order valence-electron chi connectivity index (χ3n) is 12.0. The average Bonchev–Trinajstić information content (AvgIpc) is 3.87. The van der Waals surface area contributed by atoms with Gasteiger partial charge in [0.1, 0.15) is 5.54 Å². The van der Waals surface area contributed by atoms with Crippen LogP contribution in [0.25, 0.3) is 0 Å². The number of aromatic nitrogens is 3. The summed E-state index contributed by atoms with van der Waals surface area (Å²) in [6.45, 7) is 8.03. The Morgan fingerprint density at radius 3 is 2.52 bits per heavy atom. The fourth-order valence-corrected chi connectivity index (χ4v) is 12.5. The Morgan fingerprint density at radius 1 is 1.02 bits per heavy atom. The van der Waals surface area contributed by atoms with E-state index in [-0.39, 0.29) is 25.0 Å². The maximum absolute atomic E-state index is 16.4. The number of aryl methyl sites for hydroxylation is 1. The Hall–Kier alpha value is -3.95. The van der Waals surface area contributed by atoms with Crippen LogP contribution < -0.4 is 20.0 Å². The van der Waals surface area contributed by atoms with Crippen LogP contribution in [0.4, 0.5) is 21.2 Å². The molecular weight excluding hydrogens is 769 g/mol. The van der Waals surface area contributed by atoms with Gasteiger partial charge in [-0.15, -0.1) is 5.10 Å². The number of carbonyl (C=O) groups excluding carboxylic acids is 2. The Morgan fingerprint density at radius 2 is 1.78 bits per heavy atom. The van der Waals surface area contributed by atoms with E-state index in [0.29, 0.717) is 31.7 Å². The Kier molecular flexibility index (Phi) is 9.78. The van der Waals surface area contributed by atoms with Crippen molar-refractivity contribution < 1.29 is 23.5 Å². The molecule has 3 fully saturated rings. The van der Waals surface area contributed by atoms with Crippen LogP contribution in [0, 0.1) is 5.92 Å². The second-order valence-electron chi connectivity index (χ2n) is 15.6. The molecule has 4 aliphatic heterocycles. The Balaban J connectivity index is 1.09. The summed E-state index contributed by atoms with van der Waals surface area (Å²) in [5.74, 6) is -0.541. The largest absolute Gasteiger partial charge is 0.396 e. The molecule has 284 valence electrons. The van der Waals surface area contributed by atoms with Crippen molar-refractivity contribution in [2.75, 3.05) is 41.1 Å². The number of fused-ring (bicyclic) bond motifs is 2. The van der Waals surface area contributed by atoms with Gasteiger partial charge in [-0.1, -0.05) is 58.4 Å². The number of amides is 2. The number of piperidine rings is 1. The van der Waals surface area contributed by atoms with Crippen molar-refractivity contribution in [2.45, 2.75) is 81.6 Å². The number of nitrogens with one attached hydrogen (secondary N) is 1. The number of halogens is 2. The van der Waals surface area contributed by atoms with E-state index >= 15 is 8.90 Å². The normalized spacial score (nSPS) is 25.1. The van der Waals surface area contributed by atoms with Crippen LogP contribution in [0.3, 0.4) is 0 Å². The highest BCUT2D eigenvalue weighted by Crippen LogP contribution is 2.60. The smallest absolute Gasteiger partial charge is 0.264 e. The maximum Gasteiger partial charge on any atom is 0.264 e. The van der Waals surface area contributed by atoms with Gasteiger partial charge in [0.15, 0.2) is 5.60 Å². The van der Waals surface area contributed by atoms with Gasteiger partial charge < -0.3 is 29.1 Å². The monoisotopic (exact) mass is 815 g/mol. The number of aliphatic hydroxyl groups is 1. The van der Waals surface area contributed by atoms with Gasteiger partial charge in [-0.2, -0.15) is 0 Å². The predicted molar refractivity (Wildman–Crippen MR) is 211 cm³/mol.